The maximum atomic E-state index is 13.3. The summed E-state index contributed by atoms with van der Waals surface area (Å²) in [7, 11) is 0. The number of ether oxygens (including phenoxy) is 5. The van der Waals surface area contributed by atoms with Crippen molar-refractivity contribution in [1.82, 2.24) is 0 Å². The van der Waals surface area contributed by atoms with Crippen LogP contribution in [-0.2, 0) is 30.6 Å². The summed E-state index contributed by atoms with van der Waals surface area (Å²) in [6.07, 6.45) is -0.953. The van der Waals surface area contributed by atoms with Crippen LogP contribution in [0.5, 0.6) is 11.5 Å². The molecule has 8 atom stereocenters. The Bertz CT molecular complexity index is 912. The van der Waals surface area contributed by atoms with E-state index in [-0.39, 0.29) is 35.9 Å². The van der Waals surface area contributed by atoms with E-state index in [9.17, 15) is 8.78 Å². The maximum Gasteiger partial charge on any atom is 0.586 e. The minimum absolute atomic E-state index is 0.000316. The Morgan fingerprint density at radius 3 is 2.69 bits per heavy atom. The molecule has 1 saturated carbocycles. The Labute approximate surface area is 185 Å². The highest BCUT2D eigenvalue weighted by Gasteiger charge is 2.69. The van der Waals surface area contributed by atoms with Crippen molar-refractivity contribution in [2.24, 2.45) is 23.7 Å². The first-order valence-electron chi connectivity index (χ1n) is 11.4. The summed E-state index contributed by atoms with van der Waals surface area (Å²) in [4.78, 5) is 12.0. The zero-order chi connectivity index (χ0) is 22.3. The second-order valence-corrected chi connectivity index (χ2v) is 10.0. The fourth-order valence-corrected chi connectivity index (χ4v) is 6.32. The Morgan fingerprint density at radius 2 is 1.84 bits per heavy atom. The summed E-state index contributed by atoms with van der Waals surface area (Å²) < 4.78 is 54.5. The molecule has 0 unspecified atom stereocenters. The first kappa shape index (κ1) is 21.0. The molecule has 9 heteroatoms. The number of hydrogen-bond donors (Lipinski definition) is 0. The average Bonchev–Trinajstić information content (AvgIpc) is 2.87. The molecular weight excluding hydrogens is 426 g/mol. The van der Waals surface area contributed by atoms with Gasteiger partial charge < -0.3 is 23.7 Å². The Morgan fingerprint density at radius 1 is 1.03 bits per heavy atom. The van der Waals surface area contributed by atoms with Gasteiger partial charge in [-0.2, -0.15) is 0 Å². The van der Waals surface area contributed by atoms with Crippen molar-refractivity contribution < 1.29 is 42.2 Å². The highest BCUT2D eigenvalue weighted by molar-refractivity contribution is 5.45. The summed E-state index contributed by atoms with van der Waals surface area (Å²) in [6, 6.07) is 4.65. The third-order valence-electron chi connectivity index (χ3n) is 7.98. The summed E-state index contributed by atoms with van der Waals surface area (Å²) >= 11 is 0. The van der Waals surface area contributed by atoms with Crippen molar-refractivity contribution in [3.8, 4) is 11.5 Å². The highest BCUT2D eigenvalue weighted by atomic mass is 19.3. The normalized spacial score (nSPS) is 45.9. The summed E-state index contributed by atoms with van der Waals surface area (Å²) in [6.45, 7) is 6.44. The summed E-state index contributed by atoms with van der Waals surface area (Å²) in [5, 5.41) is 0. The van der Waals surface area contributed by atoms with Crippen molar-refractivity contribution in [3.63, 3.8) is 0 Å². The van der Waals surface area contributed by atoms with E-state index >= 15 is 0 Å². The lowest BCUT2D eigenvalue weighted by atomic mass is 9.58. The molecule has 7 nitrogen and oxygen atoms in total. The number of fused-ring (bicyclic) bond motifs is 3. The Hall–Kier alpha value is -1.52. The van der Waals surface area contributed by atoms with E-state index in [4.69, 9.17) is 24.0 Å². The van der Waals surface area contributed by atoms with Gasteiger partial charge in [0.15, 0.2) is 29.7 Å². The molecule has 1 spiro atoms. The molecule has 0 N–H and O–H groups in total. The molecule has 2 bridgehead atoms. The van der Waals surface area contributed by atoms with Gasteiger partial charge in [0, 0.05) is 18.3 Å². The Balaban J connectivity index is 1.22. The van der Waals surface area contributed by atoms with E-state index in [1.165, 1.54) is 12.1 Å². The zero-order valence-corrected chi connectivity index (χ0v) is 18.3. The third-order valence-corrected chi connectivity index (χ3v) is 7.98. The number of alkyl halides is 2. The molecule has 1 aromatic carbocycles. The summed E-state index contributed by atoms with van der Waals surface area (Å²) in [5.41, 5.74) is 0.0446. The van der Waals surface area contributed by atoms with E-state index < -0.39 is 30.3 Å². The second-order valence-electron chi connectivity index (χ2n) is 10.0. The average molecular weight is 454 g/mol. The van der Waals surface area contributed by atoms with E-state index in [1.54, 1.807) is 6.07 Å². The predicted octanol–water partition coefficient (Wildman–Crippen LogP) is 4.73. The lowest BCUT2D eigenvalue weighted by molar-refractivity contribution is -0.577. The van der Waals surface area contributed by atoms with Gasteiger partial charge in [-0.1, -0.05) is 19.9 Å². The standard InChI is InChI=1S/C23H28F2O7/c1-12-4-6-16-13(2)19(26-11-14-5-7-17-18(10-14)29-23(24,25)28-17)27-20-22(16)15(12)8-9-21(3,30-20)31-32-22/h5,7,10,12-13,15-16,19-20H,4,6,8-9,11H2,1-3H3/t12-,13-,15+,16+,19-,20-,21-,22-/m1/s1. The fraction of sp³-hybridized carbons (Fsp3) is 0.739. The van der Waals surface area contributed by atoms with E-state index in [0.29, 0.717) is 11.5 Å². The van der Waals surface area contributed by atoms with Crippen LogP contribution in [-0.4, -0.2) is 30.3 Å². The van der Waals surface area contributed by atoms with Gasteiger partial charge in [-0.3, -0.25) is 0 Å². The van der Waals surface area contributed by atoms with Crippen LogP contribution in [0.1, 0.15) is 52.0 Å². The largest absolute Gasteiger partial charge is 0.586 e. The molecule has 0 amide bonds. The molecule has 5 aliphatic heterocycles. The smallest absolute Gasteiger partial charge is 0.395 e. The number of benzene rings is 1. The summed E-state index contributed by atoms with van der Waals surface area (Å²) in [5.74, 6) is 0.139. The topological polar surface area (TPSA) is 64.6 Å². The van der Waals surface area contributed by atoms with Crippen molar-refractivity contribution in [2.75, 3.05) is 0 Å². The quantitative estimate of drug-likeness (QED) is 0.612. The molecule has 5 fully saturated rings. The molecule has 7 rings (SSSR count). The predicted molar refractivity (Wildman–Crippen MR) is 104 cm³/mol. The molecule has 0 aromatic heterocycles. The van der Waals surface area contributed by atoms with Crippen LogP contribution >= 0.6 is 0 Å². The second kappa shape index (κ2) is 6.99. The van der Waals surface area contributed by atoms with Gasteiger partial charge in [0.25, 0.3) is 0 Å². The van der Waals surface area contributed by atoms with Crippen LogP contribution in [0.3, 0.4) is 0 Å². The molecule has 5 heterocycles. The molecule has 1 aromatic rings. The number of hydrogen-bond acceptors (Lipinski definition) is 7. The van der Waals surface area contributed by atoms with Crippen LogP contribution in [0, 0.1) is 23.7 Å². The maximum absolute atomic E-state index is 13.3. The minimum atomic E-state index is -3.64. The van der Waals surface area contributed by atoms with Crippen LogP contribution in [0.2, 0.25) is 0 Å². The molecule has 6 aliphatic rings. The van der Waals surface area contributed by atoms with Gasteiger partial charge >= 0.3 is 6.29 Å². The molecular formula is C23H28F2O7. The van der Waals surface area contributed by atoms with Crippen molar-refractivity contribution in [3.05, 3.63) is 23.8 Å². The molecule has 0 radical (unpaired) electrons. The SMILES string of the molecule is C[C@H]1[C@H](OCc2ccc3c(c2)OC(F)(F)O3)O[C@@H]2O[C@@]3(C)CC[C@H]4[C@H](C)CC[C@@H]1[C@@]24OO3. The van der Waals surface area contributed by atoms with Gasteiger partial charge in [0.1, 0.15) is 0 Å². The first-order valence-corrected chi connectivity index (χ1v) is 11.4. The van der Waals surface area contributed by atoms with Crippen LogP contribution in [0.4, 0.5) is 8.78 Å². The van der Waals surface area contributed by atoms with Crippen LogP contribution in [0.15, 0.2) is 18.2 Å². The van der Waals surface area contributed by atoms with Gasteiger partial charge in [-0.15, -0.1) is 8.78 Å². The lowest BCUT2D eigenvalue weighted by Crippen LogP contribution is -2.70. The molecule has 4 saturated heterocycles. The van der Waals surface area contributed by atoms with Gasteiger partial charge in [-0.25, -0.2) is 9.78 Å². The molecule has 32 heavy (non-hydrogen) atoms. The monoisotopic (exact) mass is 454 g/mol. The minimum Gasteiger partial charge on any atom is -0.395 e. The van der Waals surface area contributed by atoms with Crippen LogP contribution in [0.25, 0.3) is 0 Å². The zero-order valence-electron chi connectivity index (χ0n) is 18.3. The fourth-order valence-electron chi connectivity index (χ4n) is 6.32. The lowest BCUT2D eigenvalue weighted by Gasteiger charge is -2.60. The number of halogens is 2. The van der Waals surface area contributed by atoms with E-state index in [0.717, 1.165) is 25.7 Å². The van der Waals surface area contributed by atoms with E-state index in [1.807, 2.05) is 6.92 Å². The van der Waals surface area contributed by atoms with Crippen molar-refractivity contribution in [1.29, 1.82) is 0 Å². The van der Waals surface area contributed by atoms with E-state index in [2.05, 4.69) is 23.3 Å². The molecule has 176 valence electrons. The van der Waals surface area contributed by atoms with Crippen LogP contribution < -0.4 is 9.47 Å². The first-order chi connectivity index (χ1) is 15.2. The Kier molecular flexibility index (Phi) is 4.60. The van der Waals surface area contributed by atoms with Gasteiger partial charge in [-0.05, 0) is 55.7 Å². The van der Waals surface area contributed by atoms with Crippen molar-refractivity contribution in [2.45, 2.75) is 83.3 Å². The highest BCUT2D eigenvalue weighted by Crippen LogP contribution is 2.60. The number of rotatable bonds is 3. The molecule has 1 aliphatic carbocycles. The third kappa shape index (κ3) is 3.09. The van der Waals surface area contributed by atoms with Gasteiger partial charge in [0.2, 0.25) is 5.79 Å². The van der Waals surface area contributed by atoms with Gasteiger partial charge in [0.05, 0.1) is 6.61 Å². The van der Waals surface area contributed by atoms with Crippen molar-refractivity contribution >= 4 is 0 Å².